The van der Waals surface area contributed by atoms with E-state index in [0.29, 0.717) is 19.3 Å². The van der Waals surface area contributed by atoms with Crippen LogP contribution in [-0.4, -0.2) is 45.4 Å². The van der Waals surface area contributed by atoms with Crippen molar-refractivity contribution in [2.24, 2.45) is 5.92 Å². The zero-order chi connectivity index (χ0) is 15.6. The molecule has 1 fully saturated rings. The van der Waals surface area contributed by atoms with E-state index < -0.39 is 38.7 Å². The molecule has 7 nitrogen and oxygen atoms in total. The van der Waals surface area contributed by atoms with Gasteiger partial charge >= 0.3 is 11.9 Å². The summed E-state index contributed by atoms with van der Waals surface area (Å²) in [5, 5.41) is -0.876. The van der Waals surface area contributed by atoms with Gasteiger partial charge in [0.1, 0.15) is 5.54 Å². The van der Waals surface area contributed by atoms with Gasteiger partial charge < -0.3 is 9.47 Å². The van der Waals surface area contributed by atoms with Crippen LogP contribution in [-0.2, 0) is 29.1 Å². The van der Waals surface area contributed by atoms with Crippen LogP contribution in [0.4, 0.5) is 0 Å². The van der Waals surface area contributed by atoms with Crippen LogP contribution in [0.25, 0.3) is 0 Å². The molecule has 0 saturated heterocycles. The second kappa shape index (κ2) is 6.09. The summed E-state index contributed by atoms with van der Waals surface area (Å²) in [5.74, 6) is -1.91. The molecule has 1 aliphatic rings. The van der Waals surface area contributed by atoms with Crippen molar-refractivity contribution >= 4 is 22.0 Å². The number of hydrogen-bond acceptors (Lipinski definition) is 6. The van der Waals surface area contributed by atoms with Crippen LogP contribution in [0, 0.1) is 5.92 Å². The number of nitrogens with one attached hydrogen (secondary N) is 1. The molecule has 0 aliphatic heterocycles. The van der Waals surface area contributed by atoms with Gasteiger partial charge in [0, 0.05) is 0 Å². The second-order valence-corrected chi connectivity index (χ2v) is 7.26. The topological polar surface area (TPSA) is 98.8 Å². The average molecular weight is 307 g/mol. The van der Waals surface area contributed by atoms with Crippen molar-refractivity contribution < 1.29 is 27.5 Å². The first-order valence-corrected chi connectivity index (χ1v) is 7.89. The van der Waals surface area contributed by atoms with Crippen molar-refractivity contribution in [3.63, 3.8) is 0 Å². The van der Waals surface area contributed by atoms with Gasteiger partial charge in [0.15, 0.2) is 0 Å². The third-order valence-electron chi connectivity index (χ3n) is 3.45. The summed E-state index contributed by atoms with van der Waals surface area (Å²) in [6.45, 7) is 2.83. The summed E-state index contributed by atoms with van der Waals surface area (Å²) >= 11 is 0. The summed E-state index contributed by atoms with van der Waals surface area (Å²) in [4.78, 5) is 23.2. The standard InChI is InChI=1S/C12H21NO6S/c1-12(2,11(15)19-4)13-20(16,17)9-7-5-6-8(9)10(14)18-3/h8-9,13H,5-7H2,1-4H3. The zero-order valence-electron chi connectivity index (χ0n) is 12.1. The molecule has 0 aromatic heterocycles. The fourth-order valence-electron chi connectivity index (χ4n) is 2.45. The summed E-state index contributed by atoms with van der Waals surface area (Å²) < 4.78 is 36.3. The second-order valence-electron chi connectivity index (χ2n) is 5.36. The highest BCUT2D eigenvalue weighted by molar-refractivity contribution is 7.90. The summed E-state index contributed by atoms with van der Waals surface area (Å²) in [5.41, 5.74) is -1.38. The molecule has 1 saturated carbocycles. The van der Waals surface area contributed by atoms with Crippen molar-refractivity contribution in [1.82, 2.24) is 4.72 Å². The molecular weight excluding hydrogens is 286 g/mol. The number of methoxy groups -OCH3 is 2. The molecule has 0 bridgehead atoms. The molecule has 1 aliphatic carbocycles. The minimum atomic E-state index is -3.83. The summed E-state index contributed by atoms with van der Waals surface area (Å²) in [6, 6.07) is 0. The van der Waals surface area contributed by atoms with Gasteiger partial charge in [0.05, 0.1) is 25.4 Å². The van der Waals surface area contributed by atoms with E-state index in [1.165, 1.54) is 28.1 Å². The molecule has 8 heteroatoms. The van der Waals surface area contributed by atoms with E-state index in [9.17, 15) is 18.0 Å². The normalized spacial score (nSPS) is 23.4. The Labute approximate surface area is 119 Å². The maximum Gasteiger partial charge on any atom is 0.326 e. The van der Waals surface area contributed by atoms with E-state index in [1.54, 1.807) is 0 Å². The zero-order valence-corrected chi connectivity index (χ0v) is 13.0. The van der Waals surface area contributed by atoms with Crippen LogP contribution >= 0.6 is 0 Å². The Bertz CT molecular complexity index is 484. The van der Waals surface area contributed by atoms with Gasteiger partial charge in [-0.05, 0) is 26.7 Å². The van der Waals surface area contributed by atoms with Gasteiger partial charge in [-0.15, -0.1) is 0 Å². The minimum Gasteiger partial charge on any atom is -0.469 e. The molecule has 20 heavy (non-hydrogen) atoms. The maximum absolute atomic E-state index is 12.4. The fourth-order valence-corrected chi connectivity index (χ4v) is 4.55. The fraction of sp³-hybridized carbons (Fsp3) is 0.833. The van der Waals surface area contributed by atoms with Crippen LogP contribution in [0.2, 0.25) is 0 Å². The molecule has 0 aromatic carbocycles. The molecule has 2 unspecified atom stereocenters. The Morgan fingerprint density at radius 2 is 1.75 bits per heavy atom. The lowest BCUT2D eigenvalue weighted by molar-refractivity contribution is -0.146. The molecule has 0 radical (unpaired) electrons. The van der Waals surface area contributed by atoms with Gasteiger partial charge in [0.25, 0.3) is 0 Å². The maximum atomic E-state index is 12.4. The van der Waals surface area contributed by atoms with E-state index in [4.69, 9.17) is 0 Å². The number of rotatable bonds is 5. The highest BCUT2D eigenvalue weighted by Gasteiger charge is 2.45. The minimum absolute atomic E-state index is 0.367. The first-order chi connectivity index (χ1) is 9.15. The van der Waals surface area contributed by atoms with E-state index in [-0.39, 0.29) is 0 Å². The number of hydrogen-bond donors (Lipinski definition) is 1. The Morgan fingerprint density at radius 3 is 2.25 bits per heavy atom. The van der Waals surface area contributed by atoms with Crippen LogP contribution in [0.5, 0.6) is 0 Å². The van der Waals surface area contributed by atoms with Gasteiger partial charge in [-0.1, -0.05) is 6.42 Å². The Morgan fingerprint density at radius 1 is 1.15 bits per heavy atom. The molecule has 0 spiro atoms. The number of sulfonamides is 1. The van der Waals surface area contributed by atoms with E-state index in [2.05, 4.69) is 14.2 Å². The first-order valence-electron chi connectivity index (χ1n) is 6.34. The highest BCUT2D eigenvalue weighted by Crippen LogP contribution is 2.32. The van der Waals surface area contributed by atoms with Crippen LogP contribution in [0.3, 0.4) is 0 Å². The highest BCUT2D eigenvalue weighted by atomic mass is 32.2. The molecule has 0 heterocycles. The third kappa shape index (κ3) is 3.49. The number of esters is 2. The summed E-state index contributed by atoms with van der Waals surface area (Å²) in [7, 11) is -1.41. The lowest BCUT2D eigenvalue weighted by Gasteiger charge is -2.26. The van der Waals surface area contributed by atoms with Crippen molar-refractivity contribution in [3.05, 3.63) is 0 Å². The number of ether oxygens (including phenoxy) is 2. The van der Waals surface area contributed by atoms with E-state index in [0.717, 1.165) is 0 Å². The van der Waals surface area contributed by atoms with Gasteiger partial charge in [-0.3, -0.25) is 9.59 Å². The quantitative estimate of drug-likeness (QED) is 0.728. The predicted molar refractivity (Wildman–Crippen MR) is 71.3 cm³/mol. The first kappa shape index (κ1) is 16.9. The van der Waals surface area contributed by atoms with Crippen molar-refractivity contribution in [3.8, 4) is 0 Å². The Kier molecular flexibility index (Phi) is 5.15. The van der Waals surface area contributed by atoms with Crippen molar-refractivity contribution in [2.45, 2.75) is 43.9 Å². The Balaban J connectivity index is 2.94. The average Bonchev–Trinajstić information content (AvgIpc) is 2.85. The monoisotopic (exact) mass is 307 g/mol. The van der Waals surface area contributed by atoms with Crippen molar-refractivity contribution in [2.75, 3.05) is 14.2 Å². The smallest absolute Gasteiger partial charge is 0.326 e. The molecule has 0 amide bonds. The number of carbonyl (C=O) groups is 2. The van der Waals surface area contributed by atoms with Gasteiger partial charge in [0.2, 0.25) is 10.0 Å². The van der Waals surface area contributed by atoms with Crippen LogP contribution in [0.1, 0.15) is 33.1 Å². The molecule has 0 aromatic rings. The molecule has 2 atom stereocenters. The molecule has 1 rings (SSSR count). The lowest BCUT2D eigenvalue weighted by Crippen LogP contribution is -2.53. The van der Waals surface area contributed by atoms with Gasteiger partial charge in [-0.2, -0.15) is 4.72 Å². The summed E-state index contributed by atoms with van der Waals surface area (Å²) in [6.07, 6.45) is 1.47. The predicted octanol–water partition coefficient (Wildman–Crippen LogP) is 0.199. The molecule has 1 N–H and O–H groups in total. The largest absolute Gasteiger partial charge is 0.469 e. The van der Waals surface area contributed by atoms with E-state index >= 15 is 0 Å². The van der Waals surface area contributed by atoms with Crippen LogP contribution < -0.4 is 4.72 Å². The van der Waals surface area contributed by atoms with Crippen LogP contribution in [0.15, 0.2) is 0 Å². The SMILES string of the molecule is COC(=O)C1CCCC1S(=O)(=O)NC(C)(C)C(=O)OC. The third-order valence-corrected chi connectivity index (χ3v) is 5.60. The Hall–Kier alpha value is -1.15. The van der Waals surface area contributed by atoms with Crippen molar-refractivity contribution in [1.29, 1.82) is 0 Å². The van der Waals surface area contributed by atoms with E-state index in [1.807, 2.05) is 0 Å². The van der Waals surface area contributed by atoms with Gasteiger partial charge in [-0.25, -0.2) is 8.42 Å². The number of carbonyl (C=O) groups excluding carboxylic acids is 2. The molecule has 116 valence electrons. The lowest BCUT2D eigenvalue weighted by atomic mass is 10.1. The molecular formula is C12H21NO6S.